The van der Waals surface area contributed by atoms with Crippen molar-refractivity contribution in [2.24, 2.45) is 5.92 Å². The minimum Gasteiger partial charge on any atom is -0.324 e. The first-order valence-corrected chi connectivity index (χ1v) is 7.64. The Labute approximate surface area is 126 Å². The number of hydrogen-bond acceptors (Lipinski definition) is 1. The lowest BCUT2D eigenvalue weighted by Crippen LogP contribution is -3.11. The van der Waals surface area contributed by atoms with Gasteiger partial charge in [0.2, 0.25) is 0 Å². The molecule has 0 radical (unpaired) electrons. The van der Waals surface area contributed by atoms with E-state index in [2.05, 4.69) is 62.5 Å². The van der Waals surface area contributed by atoms with Crippen molar-refractivity contribution in [3.8, 4) is 0 Å². The number of nitrogens with one attached hydrogen (secondary N) is 1. The van der Waals surface area contributed by atoms with Crippen LogP contribution in [0.1, 0.15) is 36.6 Å². The molecule has 1 heterocycles. The Hall–Kier alpha value is -1.93. The Morgan fingerprint density at radius 3 is 2.00 bits per heavy atom. The normalized spacial score (nSPS) is 29.3. The van der Waals surface area contributed by atoms with E-state index < -0.39 is 0 Å². The maximum atomic E-state index is 12.5. The van der Waals surface area contributed by atoms with Crippen LogP contribution < -0.4 is 4.90 Å². The second-order valence-corrected chi connectivity index (χ2v) is 6.05. The van der Waals surface area contributed by atoms with Crippen LogP contribution >= 0.6 is 0 Å². The standard InChI is InChI=1S/C19H21NO/c1-14-18(21)13-17(15-9-5-3-6-10-15)20(2)19(14)16-11-7-4-8-12-16/h3-12,14,17,19H,13H2,1-2H3/p+1/t14-,17-,19+/m0/s1. The molecule has 0 aromatic heterocycles. The van der Waals surface area contributed by atoms with E-state index in [1.165, 1.54) is 16.0 Å². The number of benzene rings is 2. The monoisotopic (exact) mass is 280 g/mol. The SMILES string of the molecule is C[C@H]1C(=O)C[C@@H](c2ccccc2)[NH+](C)[C@H]1c1ccccc1. The number of piperidine rings is 1. The van der Waals surface area contributed by atoms with Crippen molar-refractivity contribution in [2.45, 2.75) is 25.4 Å². The third-order valence-corrected chi connectivity index (χ3v) is 4.81. The van der Waals surface area contributed by atoms with Crippen molar-refractivity contribution in [1.29, 1.82) is 0 Å². The Morgan fingerprint density at radius 1 is 0.905 bits per heavy atom. The topological polar surface area (TPSA) is 21.5 Å². The zero-order valence-corrected chi connectivity index (χ0v) is 12.6. The first-order valence-electron chi connectivity index (χ1n) is 7.64. The van der Waals surface area contributed by atoms with E-state index in [-0.39, 0.29) is 18.0 Å². The van der Waals surface area contributed by atoms with Crippen LogP contribution in [0.2, 0.25) is 0 Å². The van der Waals surface area contributed by atoms with Crippen LogP contribution in [0.3, 0.4) is 0 Å². The average molecular weight is 280 g/mol. The molecular weight excluding hydrogens is 258 g/mol. The van der Waals surface area contributed by atoms with Gasteiger partial charge in [0.15, 0.2) is 0 Å². The highest BCUT2D eigenvalue weighted by Crippen LogP contribution is 2.29. The van der Waals surface area contributed by atoms with E-state index in [0.29, 0.717) is 12.2 Å². The molecule has 0 saturated carbocycles. The molecule has 2 nitrogen and oxygen atoms in total. The van der Waals surface area contributed by atoms with E-state index in [1.807, 2.05) is 12.1 Å². The summed E-state index contributed by atoms with van der Waals surface area (Å²) in [7, 11) is 2.22. The summed E-state index contributed by atoms with van der Waals surface area (Å²) in [4.78, 5) is 13.9. The number of likely N-dealkylation sites (tertiary alicyclic amines) is 1. The van der Waals surface area contributed by atoms with Crippen LogP contribution in [-0.4, -0.2) is 12.8 Å². The molecule has 21 heavy (non-hydrogen) atoms. The van der Waals surface area contributed by atoms with Gasteiger partial charge in [0.1, 0.15) is 17.9 Å². The maximum Gasteiger partial charge on any atom is 0.148 e. The zero-order valence-electron chi connectivity index (χ0n) is 12.6. The molecule has 0 aliphatic carbocycles. The maximum absolute atomic E-state index is 12.5. The Bertz CT molecular complexity index is 608. The predicted octanol–water partition coefficient (Wildman–Crippen LogP) is 2.59. The summed E-state index contributed by atoms with van der Waals surface area (Å²) >= 11 is 0. The predicted molar refractivity (Wildman–Crippen MR) is 84.0 cm³/mol. The van der Waals surface area contributed by atoms with Gasteiger partial charge in [0.25, 0.3) is 0 Å². The summed E-state index contributed by atoms with van der Waals surface area (Å²) in [6.07, 6.45) is 0.639. The van der Waals surface area contributed by atoms with Crippen LogP contribution in [-0.2, 0) is 4.79 Å². The van der Waals surface area contributed by atoms with E-state index in [0.717, 1.165) is 0 Å². The van der Waals surface area contributed by atoms with Gasteiger partial charge in [0.05, 0.1) is 19.4 Å². The lowest BCUT2D eigenvalue weighted by atomic mass is 9.80. The molecule has 1 aliphatic heterocycles. The number of rotatable bonds is 2. The Morgan fingerprint density at radius 2 is 1.43 bits per heavy atom. The van der Waals surface area contributed by atoms with Crippen molar-refractivity contribution in [1.82, 2.24) is 0 Å². The molecule has 1 unspecified atom stereocenters. The van der Waals surface area contributed by atoms with Gasteiger partial charge in [-0.1, -0.05) is 60.7 Å². The largest absolute Gasteiger partial charge is 0.324 e. The smallest absolute Gasteiger partial charge is 0.148 e. The van der Waals surface area contributed by atoms with E-state index in [4.69, 9.17) is 0 Å². The first-order chi connectivity index (χ1) is 10.2. The fourth-order valence-corrected chi connectivity index (χ4v) is 3.62. The van der Waals surface area contributed by atoms with Gasteiger partial charge in [-0.15, -0.1) is 0 Å². The molecule has 1 fully saturated rings. The second-order valence-electron chi connectivity index (χ2n) is 6.05. The van der Waals surface area contributed by atoms with E-state index in [1.54, 1.807) is 0 Å². The molecular formula is C19H22NO+. The number of ketones is 1. The average Bonchev–Trinajstić information content (AvgIpc) is 2.53. The summed E-state index contributed by atoms with van der Waals surface area (Å²) in [6.45, 7) is 2.07. The van der Waals surface area contributed by atoms with Crippen molar-refractivity contribution < 1.29 is 9.69 Å². The second kappa shape index (κ2) is 5.82. The van der Waals surface area contributed by atoms with Crippen LogP contribution in [0.15, 0.2) is 60.7 Å². The summed E-state index contributed by atoms with van der Waals surface area (Å²) in [5.74, 6) is 0.454. The summed E-state index contributed by atoms with van der Waals surface area (Å²) in [5, 5.41) is 0. The quantitative estimate of drug-likeness (QED) is 0.897. The zero-order chi connectivity index (χ0) is 14.8. The highest BCUT2D eigenvalue weighted by molar-refractivity contribution is 5.82. The molecule has 3 rings (SSSR count). The van der Waals surface area contributed by atoms with Crippen molar-refractivity contribution in [3.05, 3.63) is 71.8 Å². The minimum absolute atomic E-state index is 0.0763. The van der Waals surface area contributed by atoms with Crippen LogP contribution in [0, 0.1) is 5.92 Å². The molecule has 1 saturated heterocycles. The highest BCUT2D eigenvalue weighted by atomic mass is 16.1. The molecule has 2 heteroatoms. The molecule has 1 aliphatic rings. The molecule has 2 aromatic rings. The van der Waals surface area contributed by atoms with Gasteiger partial charge in [-0.3, -0.25) is 4.79 Å². The summed E-state index contributed by atoms with van der Waals surface area (Å²) < 4.78 is 0. The van der Waals surface area contributed by atoms with Gasteiger partial charge < -0.3 is 4.90 Å². The summed E-state index contributed by atoms with van der Waals surface area (Å²) in [6, 6.07) is 21.3. The van der Waals surface area contributed by atoms with Gasteiger partial charge >= 0.3 is 0 Å². The number of hydrogen-bond donors (Lipinski definition) is 1. The van der Waals surface area contributed by atoms with Gasteiger partial charge in [-0.25, -0.2) is 0 Å². The summed E-state index contributed by atoms with van der Waals surface area (Å²) in [5.41, 5.74) is 2.52. The fourth-order valence-electron chi connectivity index (χ4n) is 3.62. The van der Waals surface area contributed by atoms with Crippen molar-refractivity contribution >= 4 is 5.78 Å². The molecule has 0 spiro atoms. The lowest BCUT2D eigenvalue weighted by molar-refractivity contribution is -0.949. The van der Waals surface area contributed by atoms with E-state index in [9.17, 15) is 4.79 Å². The van der Waals surface area contributed by atoms with E-state index >= 15 is 0 Å². The number of Topliss-reactive ketones (excluding diaryl/α,β-unsaturated/α-hetero) is 1. The lowest BCUT2D eigenvalue weighted by Gasteiger charge is -2.39. The third kappa shape index (κ3) is 2.64. The molecule has 108 valence electrons. The highest BCUT2D eigenvalue weighted by Gasteiger charge is 2.42. The van der Waals surface area contributed by atoms with Crippen LogP contribution in [0.4, 0.5) is 0 Å². The molecule has 4 atom stereocenters. The molecule has 2 aromatic carbocycles. The number of carbonyl (C=O) groups excluding carboxylic acids is 1. The minimum atomic E-state index is 0.0763. The number of quaternary nitrogens is 1. The fraction of sp³-hybridized carbons (Fsp3) is 0.316. The van der Waals surface area contributed by atoms with Crippen LogP contribution in [0.5, 0.6) is 0 Å². The van der Waals surface area contributed by atoms with Gasteiger partial charge in [-0.05, 0) is 6.92 Å². The first kappa shape index (κ1) is 14.0. The van der Waals surface area contributed by atoms with Crippen LogP contribution in [0.25, 0.3) is 0 Å². The number of carbonyl (C=O) groups is 1. The van der Waals surface area contributed by atoms with Gasteiger partial charge in [-0.2, -0.15) is 0 Å². The Balaban J connectivity index is 1.98. The van der Waals surface area contributed by atoms with Gasteiger partial charge in [0, 0.05) is 11.1 Å². The molecule has 0 amide bonds. The van der Waals surface area contributed by atoms with Crippen molar-refractivity contribution in [2.75, 3.05) is 7.05 Å². The Kier molecular flexibility index (Phi) is 3.89. The van der Waals surface area contributed by atoms with Crippen molar-refractivity contribution in [3.63, 3.8) is 0 Å². The molecule has 1 N–H and O–H groups in total. The molecule has 0 bridgehead atoms. The third-order valence-electron chi connectivity index (χ3n) is 4.81.